The first-order valence-corrected chi connectivity index (χ1v) is 11.0. The summed E-state index contributed by atoms with van der Waals surface area (Å²) in [5.74, 6) is -1.22. The van der Waals surface area contributed by atoms with Gasteiger partial charge in [0.1, 0.15) is 12.1 Å². The lowest BCUT2D eigenvalue weighted by Gasteiger charge is -2.49. The van der Waals surface area contributed by atoms with Crippen LogP contribution in [0.15, 0.2) is 30.3 Å². The summed E-state index contributed by atoms with van der Waals surface area (Å²) in [5.41, 5.74) is -0.817. The molecule has 1 aromatic carbocycles. The summed E-state index contributed by atoms with van der Waals surface area (Å²) >= 11 is 0. The second-order valence-corrected chi connectivity index (χ2v) is 8.67. The summed E-state index contributed by atoms with van der Waals surface area (Å²) in [4.78, 5) is 42.4. The van der Waals surface area contributed by atoms with E-state index in [1.807, 2.05) is 30.3 Å². The molecule has 0 radical (unpaired) electrons. The van der Waals surface area contributed by atoms with E-state index in [1.54, 1.807) is 13.8 Å². The molecule has 1 N–H and O–H groups in total. The smallest absolute Gasteiger partial charge is 0.328 e. The minimum Gasteiger partial charge on any atom is -0.464 e. The number of esters is 1. The van der Waals surface area contributed by atoms with Gasteiger partial charge < -0.3 is 19.6 Å². The van der Waals surface area contributed by atoms with Gasteiger partial charge in [-0.2, -0.15) is 0 Å². The molecule has 1 aliphatic carbocycles. The largest absolute Gasteiger partial charge is 0.464 e. The van der Waals surface area contributed by atoms with Crippen LogP contribution in [-0.2, 0) is 25.5 Å². The molecule has 0 unspecified atom stereocenters. The van der Waals surface area contributed by atoms with Crippen LogP contribution in [0.4, 0.5) is 0 Å². The third kappa shape index (κ3) is 3.29. The zero-order valence-electron chi connectivity index (χ0n) is 17.6. The van der Waals surface area contributed by atoms with Crippen molar-refractivity contribution in [2.45, 2.75) is 76.2 Å². The summed E-state index contributed by atoms with van der Waals surface area (Å²) < 4.78 is 5.26. The van der Waals surface area contributed by atoms with E-state index in [-0.39, 0.29) is 30.9 Å². The number of fused-ring (bicyclic) bond motifs is 3. The van der Waals surface area contributed by atoms with Gasteiger partial charge >= 0.3 is 5.97 Å². The highest BCUT2D eigenvalue weighted by Crippen LogP contribution is 2.48. The Bertz CT molecular complexity index is 828. The van der Waals surface area contributed by atoms with Crippen molar-refractivity contribution in [1.82, 2.24) is 9.80 Å². The van der Waals surface area contributed by atoms with Crippen LogP contribution in [0.2, 0.25) is 0 Å². The Morgan fingerprint density at radius 1 is 1.27 bits per heavy atom. The van der Waals surface area contributed by atoms with E-state index in [0.29, 0.717) is 12.8 Å². The minimum absolute atomic E-state index is 0.0820. The number of amides is 2. The number of aliphatic hydroxyl groups is 1. The second kappa shape index (κ2) is 8.02. The van der Waals surface area contributed by atoms with Crippen LogP contribution in [0.3, 0.4) is 0 Å². The molecule has 0 spiro atoms. The van der Waals surface area contributed by atoms with Gasteiger partial charge in [0.15, 0.2) is 0 Å². The van der Waals surface area contributed by atoms with Gasteiger partial charge in [0, 0.05) is 12.5 Å². The summed E-state index contributed by atoms with van der Waals surface area (Å²) in [6, 6.07) is 7.87. The maximum Gasteiger partial charge on any atom is 0.328 e. The number of benzene rings is 1. The molecule has 0 aromatic heterocycles. The number of rotatable bonds is 6. The molecule has 2 aliphatic heterocycles. The van der Waals surface area contributed by atoms with Crippen molar-refractivity contribution < 1.29 is 24.2 Å². The Balaban J connectivity index is 1.63. The van der Waals surface area contributed by atoms with Crippen molar-refractivity contribution in [1.29, 1.82) is 0 Å². The van der Waals surface area contributed by atoms with Crippen LogP contribution < -0.4 is 0 Å². The van der Waals surface area contributed by atoms with Crippen LogP contribution in [0.5, 0.6) is 0 Å². The van der Waals surface area contributed by atoms with Crippen LogP contribution in [0.25, 0.3) is 0 Å². The lowest BCUT2D eigenvalue weighted by Crippen LogP contribution is -2.72. The highest BCUT2D eigenvalue weighted by molar-refractivity contribution is 6.01. The third-order valence-corrected chi connectivity index (χ3v) is 6.93. The molecular weight excluding hydrogens is 384 g/mol. The zero-order chi connectivity index (χ0) is 21.5. The van der Waals surface area contributed by atoms with Gasteiger partial charge in [0.05, 0.1) is 6.61 Å². The van der Waals surface area contributed by atoms with Crippen molar-refractivity contribution in [3.8, 4) is 0 Å². The van der Waals surface area contributed by atoms with Crippen LogP contribution in [0.1, 0.15) is 51.5 Å². The molecule has 2 heterocycles. The van der Waals surface area contributed by atoms with Crippen molar-refractivity contribution in [2.75, 3.05) is 6.61 Å². The summed E-state index contributed by atoms with van der Waals surface area (Å²) in [7, 11) is 0. The molecule has 7 nitrogen and oxygen atoms in total. The first kappa shape index (κ1) is 20.8. The fourth-order valence-electron chi connectivity index (χ4n) is 5.54. The highest BCUT2D eigenvalue weighted by Gasteiger charge is 2.64. The van der Waals surface area contributed by atoms with Gasteiger partial charge in [-0.05, 0) is 51.0 Å². The molecule has 1 aromatic rings. The average molecular weight is 415 g/mol. The van der Waals surface area contributed by atoms with Gasteiger partial charge in [-0.25, -0.2) is 4.79 Å². The quantitative estimate of drug-likeness (QED) is 0.718. The van der Waals surface area contributed by atoms with Crippen LogP contribution in [-0.4, -0.2) is 63.1 Å². The normalized spacial score (nSPS) is 31.5. The topological polar surface area (TPSA) is 87.2 Å². The molecule has 7 heteroatoms. The SMILES string of the molecule is CCOC(=O)[C@H](CCc1ccccc1)N1C(=O)[C@@]2(O)C[C@@H]3CCC[C@@H]3N2C(=O)[C@@H]1C. The molecule has 4 rings (SSSR count). The second-order valence-electron chi connectivity index (χ2n) is 8.67. The average Bonchev–Trinajstić information content (AvgIpc) is 3.28. The first-order chi connectivity index (χ1) is 14.4. The Hall–Kier alpha value is -2.41. The fraction of sp³-hybridized carbons (Fsp3) is 0.609. The van der Waals surface area contributed by atoms with Gasteiger partial charge in [0.25, 0.3) is 5.91 Å². The van der Waals surface area contributed by atoms with E-state index in [1.165, 1.54) is 9.80 Å². The van der Waals surface area contributed by atoms with Crippen molar-refractivity contribution in [3.63, 3.8) is 0 Å². The maximum atomic E-state index is 13.6. The van der Waals surface area contributed by atoms with Crippen LogP contribution >= 0.6 is 0 Å². The number of carbonyl (C=O) groups is 3. The molecule has 3 fully saturated rings. The van der Waals surface area contributed by atoms with Crippen LogP contribution in [0, 0.1) is 5.92 Å². The Labute approximate surface area is 177 Å². The lowest BCUT2D eigenvalue weighted by molar-refractivity contribution is -0.200. The molecule has 5 atom stereocenters. The van der Waals surface area contributed by atoms with Gasteiger partial charge in [-0.1, -0.05) is 36.8 Å². The number of ether oxygens (including phenoxy) is 1. The first-order valence-electron chi connectivity index (χ1n) is 11.0. The molecule has 162 valence electrons. The summed E-state index contributed by atoms with van der Waals surface area (Å²) in [6.07, 6.45) is 3.86. The van der Waals surface area contributed by atoms with Gasteiger partial charge in [0.2, 0.25) is 11.6 Å². The van der Waals surface area contributed by atoms with E-state index < -0.39 is 29.7 Å². The predicted molar refractivity (Wildman–Crippen MR) is 109 cm³/mol. The van der Waals surface area contributed by atoms with E-state index in [9.17, 15) is 19.5 Å². The maximum absolute atomic E-state index is 13.6. The zero-order valence-corrected chi connectivity index (χ0v) is 17.6. The molecular formula is C23H30N2O5. The van der Waals surface area contributed by atoms with Crippen molar-refractivity contribution in [3.05, 3.63) is 35.9 Å². The molecule has 1 saturated carbocycles. The van der Waals surface area contributed by atoms with Crippen molar-refractivity contribution in [2.24, 2.45) is 5.92 Å². The number of nitrogens with zero attached hydrogens (tertiary/aromatic N) is 2. The number of carbonyl (C=O) groups excluding carboxylic acids is 3. The van der Waals surface area contributed by atoms with Gasteiger partial charge in [-0.3, -0.25) is 9.59 Å². The van der Waals surface area contributed by atoms with Gasteiger partial charge in [-0.15, -0.1) is 0 Å². The molecule has 2 saturated heterocycles. The standard InChI is InChI=1S/C23H30N2O5/c1-3-30-21(27)19(13-12-16-8-5-4-6-9-16)24-15(2)20(26)25-18-11-7-10-17(18)14-23(25,29)22(24)28/h4-6,8-9,15,17-19,29H,3,7,10-14H2,1-2H3/t15-,17-,18-,19-,23-/m0/s1. The number of piperazine rings is 1. The highest BCUT2D eigenvalue weighted by atomic mass is 16.5. The Morgan fingerprint density at radius 2 is 2.00 bits per heavy atom. The predicted octanol–water partition coefficient (Wildman–Crippen LogP) is 1.87. The van der Waals surface area contributed by atoms with Crippen molar-refractivity contribution >= 4 is 17.8 Å². The summed E-state index contributed by atoms with van der Waals surface area (Å²) in [6.45, 7) is 3.55. The molecule has 30 heavy (non-hydrogen) atoms. The van der Waals surface area contributed by atoms with E-state index in [2.05, 4.69) is 0 Å². The Kier molecular flexibility index (Phi) is 5.57. The van der Waals surface area contributed by atoms with E-state index in [0.717, 1.165) is 24.8 Å². The van der Waals surface area contributed by atoms with E-state index in [4.69, 9.17) is 4.74 Å². The van der Waals surface area contributed by atoms with E-state index >= 15 is 0 Å². The number of hydrogen-bond acceptors (Lipinski definition) is 5. The molecule has 2 amide bonds. The minimum atomic E-state index is -1.85. The fourth-order valence-corrected chi connectivity index (χ4v) is 5.54. The molecule has 0 bridgehead atoms. The lowest BCUT2D eigenvalue weighted by atomic mass is 9.94. The number of aryl methyl sites for hydroxylation is 1. The number of hydrogen-bond donors (Lipinski definition) is 1. The Morgan fingerprint density at radius 3 is 2.70 bits per heavy atom. The summed E-state index contributed by atoms with van der Waals surface area (Å²) in [5, 5.41) is 11.4. The molecule has 3 aliphatic rings. The third-order valence-electron chi connectivity index (χ3n) is 6.93. The monoisotopic (exact) mass is 414 g/mol.